The number of carbonyl (C=O) groups excluding carboxylic acids is 1. The molecule has 0 radical (unpaired) electrons. The second-order valence-electron chi connectivity index (χ2n) is 4.27. The number of carboxylic acids is 1. The summed E-state index contributed by atoms with van der Waals surface area (Å²) in [4.78, 5) is 23.4. The lowest BCUT2D eigenvalue weighted by molar-refractivity contribution is -0.143. The molecule has 2 rings (SSSR count). The summed E-state index contributed by atoms with van der Waals surface area (Å²) >= 11 is 4.63. The van der Waals surface area contributed by atoms with Gasteiger partial charge in [0.05, 0.1) is 5.56 Å². The van der Waals surface area contributed by atoms with Crippen molar-refractivity contribution in [2.45, 2.75) is 12.0 Å². The minimum absolute atomic E-state index is 0.0949. The molecule has 4 nitrogen and oxygen atoms in total. The number of benzene rings is 1. The number of amides is 1. The highest BCUT2D eigenvalue weighted by molar-refractivity contribution is 9.10. The van der Waals surface area contributed by atoms with E-state index in [1.165, 1.54) is 23.9 Å². The Morgan fingerprint density at radius 3 is 2.79 bits per heavy atom. The van der Waals surface area contributed by atoms with E-state index in [0.717, 1.165) is 6.07 Å². The molecular formula is C12H11BrFNO3S. The quantitative estimate of drug-likeness (QED) is 0.880. The molecule has 102 valence electrons. The van der Waals surface area contributed by atoms with E-state index in [2.05, 4.69) is 21.2 Å². The Balaban J connectivity index is 2.25. The van der Waals surface area contributed by atoms with Gasteiger partial charge in [0.25, 0.3) is 5.91 Å². The van der Waals surface area contributed by atoms with Crippen LogP contribution in [0.15, 0.2) is 22.7 Å². The molecule has 1 aromatic carbocycles. The maximum absolute atomic E-state index is 13.2. The largest absolute Gasteiger partial charge is 0.479 e. The highest BCUT2D eigenvalue weighted by Gasteiger charge is 2.43. The van der Waals surface area contributed by atoms with Crippen LogP contribution in [0.4, 0.5) is 4.39 Å². The summed E-state index contributed by atoms with van der Waals surface area (Å²) < 4.78 is 13.6. The van der Waals surface area contributed by atoms with Crippen molar-refractivity contribution < 1.29 is 19.1 Å². The molecule has 0 spiro atoms. The van der Waals surface area contributed by atoms with Crippen molar-refractivity contribution in [3.05, 3.63) is 34.1 Å². The third-order valence-corrected chi connectivity index (χ3v) is 4.84. The number of nitrogens with one attached hydrogen (secondary N) is 1. The third kappa shape index (κ3) is 2.92. The monoisotopic (exact) mass is 347 g/mol. The normalized spacial score (nSPS) is 22.2. The smallest absolute Gasteiger partial charge is 0.330 e. The molecule has 1 heterocycles. The molecule has 1 saturated heterocycles. The number of thioether (sulfide) groups is 1. The van der Waals surface area contributed by atoms with E-state index in [9.17, 15) is 19.1 Å². The Morgan fingerprint density at radius 1 is 1.47 bits per heavy atom. The molecular weight excluding hydrogens is 337 g/mol. The number of rotatable bonds is 3. The molecule has 1 aromatic rings. The predicted molar refractivity (Wildman–Crippen MR) is 73.9 cm³/mol. The lowest BCUT2D eigenvalue weighted by Crippen LogP contribution is -2.54. The minimum Gasteiger partial charge on any atom is -0.479 e. The van der Waals surface area contributed by atoms with Crippen molar-refractivity contribution in [2.75, 3.05) is 11.5 Å². The molecule has 1 fully saturated rings. The van der Waals surface area contributed by atoms with Crippen LogP contribution >= 0.6 is 27.7 Å². The van der Waals surface area contributed by atoms with Crippen LogP contribution in [0, 0.1) is 5.82 Å². The van der Waals surface area contributed by atoms with Gasteiger partial charge >= 0.3 is 5.97 Å². The first kappa shape index (κ1) is 14.3. The van der Waals surface area contributed by atoms with E-state index >= 15 is 0 Å². The molecule has 7 heteroatoms. The number of carbonyl (C=O) groups is 2. The number of aliphatic carboxylic acids is 1. The number of carboxylic acid groups (broad SMARTS) is 1. The molecule has 0 unspecified atom stereocenters. The summed E-state index contributed by atoms with van der Waals surface area (Å²) in [6.45, 7) is 0. The van der Waals surface area contributed by atoms with Crippen LogP contribution in [0.3, 0.4) is 0 Å². The molecule has 1 amide bonds. The van der Waals surface area contributed by atoms with Crippen LogP contribution in [-0.4, -0.2) is 34.0 Å². The Morgan fingerprint density at radius 2 is 2.21 bits per heavy atom. The topological polar surface area (TPSA) is 66.4 Å². The van der Waals surface area contributed by atoms with Crippen molar-refractivity contribution >= 4 is 39.6 Å². The van der Waals surface area contributed by atoms with Gasteiger partial charge < -0.3 is 10.4 Å². The van der Waals surface area contributed by atoms with E-state index in [1.807, 2.05) is 0 Å². The Kier molecular flexibility index (Phi) is 4.15. The predicted octanol–water partition coefficient (Wildman–Crippen LogP) is 2.28. The number of hydrogen-bond donors (Lipinski definition) is 2. The summed E-state index contributed by atoms with van der Waals surface area (Å²) in [6.07, 6.45) is 0.367. The van der Waals surface area contributed by atoms with E-state index in [0.29, 0.717) is 22.4 Å². The average Bonchev–Trinajstić information content (AvgIpc) is 2.82. The van der Waals surface area contributed by atoms with Crippen LogP contribution in [0.25, 0.3) is 0 Å². The van der Waals surface area contributed by atoms with Gasteiger partial charge in [-0.05, 0) is 46.3 Å². The maximum Gasteiger partial charge on any atom is 0.330 e. The lowest BCUT2D eigenvalue weighted by atomic mass is 9.98. The molecule has 0 bridgehead atoms. The van der Waals surface area contributed by atoms with Gasteiger partial charge in [0.2, 0.25) is 0 Å². The van der Waals surface area contributed by atoms with E-state index in [-0.39, 0.29) is 5.56 Å². The van der Waals surface area contributed by atoms with Crippen molar-refractivity contribution in [3.8, 4) is 0 Å². The fourth-order valence-electron chi connectivity index (χ4n) is 1.84. The van der Waals surface area contributed by atoms with Gasteiger partial charge in [-0.25, -0.2) is 9.18 Å². The first-order valence-electron chi connectivity index (χ1n) is 5.53. The fourth-order valence-corrected chi connectivity index (χ4v) is 3.59. The van der Waals surface area contributed by atoms with Gasteiger partial charge in [-0.1, -0.05) is 0 Å². The first-order valence-corrected chi connectivity index (χ1v) is 7.48. The summed E-state index contributed by atoms with van der Waals surface area (Å²) in [5.41, 5.74) is -1.16. The third-order valence-electron chi connectivity index (χ3n) is 2.96. The van der Waals surface area contributed by atoms with E-state index in [4.69, 9.17) is 0 Å². The highest BCUT2D eigenvalue weighted by Crippen LogP contribution is 2.29. The van der Waals surface area contributed by atoms with Gasteiger partial charge in [0.15, 0.2) is 0 Å². The number of halogens is 2. The Hall–Kier alpha value is -1.08. The zero-order chi connectivity index (χ0) is 14.0. The van der Waals surface area contributed by atoms with E-state index < -0.39 is 23.2 Å². The Bertz CT molecular complexity index is 532. The van der Waals surface area contributed by atoms with Crippen LogP contribution in [0.1, 0.15) is 16.8 Å². The summed E-state index contributed by atoms with van der Waals surface area (Å²) in [5.74, 6) is -1.19. The standard InChI is InChI=1S/C12H11BrFNO3S/c13-9-2-1-7(14)5-8(9)10(16)15-12(11(17)18)3-4-19-6-12/h1-2,5H,3-4,6H2,(H,15,16)(H,17,18)/t12-/m0/s1. The first-order chi connectivity index (χ1) is 8.94. The lowest BCUT2D eigenvalue weighted by Gasteiger charge is -2.24. The summed E-state index contributed by atoms with van der Waals surface area (Å²) in [5, 5.41) is 11.8. The molecule has 2 N–H and O–H groups in total. The summed E-state index contributed by atoms with van der Waals surface area (Å²) in [6, 6.07) is 3.72. The molecule has 0 aliphatic carbocycles. The van der Waals surface area contributed by atoms with Crippen molar-refractivity contribution in [3.63, 3.8) is 0 Å². The molecule has 19 heavy (non-hydrogen) atoms. The van der Waals surface area contributed by atoms with Gasteiger partial charge in [-0.2, -0.15) is 11.8 Å². The Labute approximate surface area is 121 Å². The van der Waals surface area contributed by atoms with Gasteiger partial charge in [-0.15, -0.1) is 0 Å². The minimum atomic E-state index is -1.26. The summed E-state index contributed by atoms with van der Waals surface area (Å²) in [7, 11) is 0. The maximum atomic E-state index is 13.2. The molecule has 0 aromatic heterocycles. The van der Waals surface area contributed by atoms with Crippen molar-refractivity contribution in [2.24, 2.45) is 0 Å². The SMILES string of the molecule is O=C(N[C@@]1(C(=O)O)CCSC1)c1cc(F)ccc1Br. The fraction of sp³-hybridized carbons (Fsp3) is 0.333. The van der Waals surface area contributed by atoms with Gasteiger partial charge in [-0.3, -0.25) is 4.79 Å². The second kappa shape index (κ2) is 5.50. The van der Waals surface area contributed by atoms with Crippen LogP contribution in [-0.2, 0) is 4.79 Å². The average molecular weight is 348 g/mol. The van der Waals surface area contributed by atoms with Crippen molar-refractivity contribution in [1.82, 2.24) is 5.32 Å². The zero-order valence-corrected chi connectivity index (χ0v) is 12.2. The second-order valence-corrected chi connectivity index (χ2v) is 6.23. The molecule has 0 saturated carbocycles. The van der Waals surface area contributed by atoms with Crippen molar-refractivity contribution in [1.29, 1.82) is 0 Å². The molecule has 1 aliphatic rings. The van der Waals surface area contributed by atoms with Gasteiger partial charge in [0, 0.05) is 10.2 Å². The van der Waals surface area contributed by atoms with Crippen LogP contribution in [0.2, 0.25) is 0 Å². The van der Waals surface area contributed by atoms with E-state index in [1.54, 1.807) is 0 Å². The van der Waals surface area contributed by atoms with Crippen LogP contribution in [0.5, 0.6) is 0 Å². The molecule has 1 atom stereocenters. The highest BCUT2D eigenvalue weighted by atomic mass is 79.9. The zero-order valence-electron chi connectivity index (χ0n) is 9.78. The van der Waals surface area contributed by atoms with Gasteiger partial charge in [0.1, 0.15) is 11.4 Å². The molecule has 1 aliphatic heterocycles. The number of hydrogen-bond acceptors (Lipinski definition) is 3. The van der Waals surface area contributed by atoms with Crippen LogP contribution < -0.4 is 5.32 Å².